The highest BCUT2D eigenvalue weighted by Crippen LogP contribution is 2.39. The van der Waals surface area contributed by atoms with E-state index in [2.05, 4.69) is 6.58 Å². The van der Waals surface area contributed by atoms with Gasteiger partial charge in [0.1, 0.15) is 11.5 Å². The zero-order valence-electron chi connectivity index (χ0n) is 19.4. The fraction of sp³-hybridized carbons (Fsp3) is 0.462. The van der Waals surface area contributed by atoms with Crippen LogP contribution in [0.4, 0.5) is 0 Å². The lowest BCUT2D eigenvalue weighted by molar-refractivity contribution is 0.247. The van der Waals surface area contributed by atoms with Crippen LogP contribution in [0, 0.1) is 11.8 Å². The van der Waals surface area contributed by atoms with E-state index in [0.29, 0.717) is 19.5 Å². The van der Waals surface area contributed by atoms with E-state index in [1.165, 1.54) is 0 Å². The Morgan fingerprint density at radius 1 is 0.969 bits per heavy atom. The van der Waals surface area contributed by atoms with Crippen LogP contribution < -0.4 is 9.47 Å². The quantitative estimate of drug-likeness (QED) is 0.400. The van der Waals surface area contributed by atoms with Gasteiger partial charge in [0.25, 0.3) is 0 Å². The van der Waals surface area contributed by atoms with Crippen molar-refractivity contribution in [3.05, 3.63) is 72.3 Å². The first-order chi connectivity index (χ1) is 15.4. The molecule has 2 aromatic carbocycles. The second-order valence-electron chi connectivity index (χ2n) is 8.67. The average Bonchev–Trinajstić information content (AvgIpc) is 2.76. The first kappa shape index (κ1) is 24.3. The largest absolute Gasteiger partial charge is 0.497 e. The first-order valence-corrected chi connectivity index (χ1v) is 12.7. The average molecular weight is 458 g/mol. The van der Waals surface area contributed by atoms with Gasteiger partial charge in [0.2, 0.25) is 10.0 Å². The summed E-state index contributed by atoms with van der Waals surface area (Å²) in [6.45, 7) is 6.54. The van der Waals surface area contributed by atoms with Crippen LogP contribution in [0.15, 0.2) is 61.2 Å². The van der Waals surface area contributed by atoms with Gasteiger partial charge >= 0.3 is 0 Å². The topological polar surface area (TPSA) is 55.8 Å². The molecule has 6 heteroatoms. The molecule has 0 amide bonds. The van der Waals surface area contributed by atoms with Crippen LogP contribution in [0.25, 0.3) is 0 Å². The highest BCUT2D eigenvalue weighted by atomic mass is 32.2. The molecule has 0 aliphatic heterocycles. The molecule has 32 heavy (non-hydrogen) atoms. The fourth-order valence-corrected chi connectivity index (χ4v) is 6.90. The van der Waals surface area contributed by atoms with Crippen molar-refractivity contribution in [2.45, 2.75) is 50.9 Å². The van der Waals surface area contributed by atoms with Crippen molar-refractivity contribution < 1.29 is 17.9 Å². The molecule has 2 aromatic rings. The van der Waals surface area contributed by atoms with Crippen LogP contribution in [0.2, 0.25) is 0 Å². The van der Waals surface area contributed by atoms with Crippen LogP contribution in [-0.2, 0) is 23.1 Å². The summed E-state index contributed by atoms with van der Waals surface area (Å²) in [5, 5.41) is -0.397. The second-order valence-corrected chi connectivity index (χ2v) is 10.8. The van der Waals surface area contributed by atoms with Gasteiger partial charge in [-0.1, -0.05) is 43.7 Å². The standard InChI is InChI=1S/C26H35NO4S/c1-5-7-20(2)26(23-8-6-9-23)32(28,29)27(18-21-10-14-24(30-3)15-11-21)19-22-12-16-25(31-4)17-13-22/h5,10-17,20,23,26H,1,6-9,18-19H2,2-4H3. The number of ether oxygens (including phenoxy) is 2. The van der Waals surface area contributed by atoms with Crippen molar-refractivity contribution in [2.24, 2.45) is 11.8 Å². The molecule has 1 fully saturated rings. The lowest BCUT2D eigenvalue weighted by atomic mass is 9.78. The minimum Gasteiger partial charge on any atom is -0.497 e. The first-order valence-electron chi connectivity index (χ1n) is 11.2. The highest BCUT2D eigenvalue weighted by Gasteiger charge is 2.43. The molecule has 1 aliphatic rings. The Morgan fingerprint density at radius 2 is 1.44 bits per heavy atom. The van der Waals surface area contributed by atoms with Gasteiger partial charge < -0.3 is 9.47 Å². The number of methoxy groups -OCH3 is 2. The summed E-state index contributed by atoms with van der Waals surface area (Å²) in [6.07, 6.45) is 5.59. The van der Waals surface area contributed by atoms with Crippen LogP contribution in [0.3, 0.4) is 0 Å². The molecule has 2 atom stereocenters. The molecule has 3 rings (SSSR count). The molecule has 0 aromatic heterocycles. The van der Waals surface area contributed by atoms with Crippen molar-refractivity contribution in [2.75, 3.05) is 14.2 Å². The van der Waals surface area contributed by atoms with Crippen molar-refractivity contribution in [1.82, 2.24) is 4.31 Å². The molecular formula is C26H35NO4S. The van der Waals surface area contributed by atoms with Gasteiger partial charge in [-0.15, -0.1) is 6.58 Å². The molecule has 0 N–H and O–H groups in total. The lowest BCUT2D eigenvalue weighted by Crippen LogP contribution is -2.46. The third-order valence-electron chi connectivity index (χ3n) is 6.45. The van der Waals surface area contributed by atoms with E-state index < -0.39 is 15.3 Å². The Kier molecular flexibility index (Phi) is 8.38. The SMILES string of the molecule is C=CCC(C)C(C1CCC1)S(=O)(=O)N(Cc1ccc(OC)cc1)Cc1ccc(OC)cc1. The molecule has 2 unspecified atom stereocenters. The minimum atomic E-state index is -3.55. The summed E-state index contributed by atoms with van der Waals surface area (Å²) in [7, 11) is -0.300. The molecule has 174 valence electrons. The summed E-state index contributed by atoms with van der Waals surface area (Å²) in [5.41, 5.74) is 1.87. The lowest BCUT2D eigenvalue weighted by Gasteiger charge is -2.39. The molecule has 0 saturated heterocycles. The number of allylic oxidation sites excluding steroid dienone is 1. The molecule has 1 aliphatic carbocycles. The maximum absolute atomic E-state index is 14.1. The van der Waals surface area contributed by atoms with E-state index in [9.17, 15) is 8.42 Å². The Balaban J connectivity index is 1.94. The monoisotopic (exact) mass is 457 g/mol. The number of nitrogens with zero attached hydrogens (tertiary/aromatic N) is 1. The van der Waals surface area contributed by atoms with Crippen LogP contribution in [0.1, 0.15) is 43.7 Å². The zero-order chi connectivity index (χ0) is 23.1. The maximum atomic E-state index is 14.1. The van der Waals surface area contributed by atoms with E-state index in [-0.39, 0.29) is 11.8 Å². The molecule has 0 bridgehead atoms. The van der Waals surface area contributed by atoms with Gasteiger partial charge in [-0.3, -0.25) is 0 Å². The van der Waals surface area contributed by atoms with Crippen LogP contribution in [-0.4, -0.2) is 32.2 Å². The number of hydrogen-bond donors (Lipinski definition) is 0. The summed E-state index contributed by atoms with van der Waals surface area (Å²) in [4.78, 5) is 0. The summed E-state index contributed by atoms with van der Waals surface area (Å²) in [6, 6.07) is 15.2. The van der Waals surface area contributed by atoms with Crippen molar-refractivity contribution in [3.8, 4) is 11.5 Å². The smallest absolute Gasteiger partial charge is 0.218 e. The Morgan fingerprint density at radius 3 is 1.78 bits per heavy atom. The number of sulfonamides is 1. The number of benzene rings is 2. The van der Waals surface area contributed by atoms with Gasteiger partial charge in [0, 0.05) is 13.1 Å². The maximum Gasteiger partial charge on any atom is 0.218 e. The second kappa shape index (κ2) is 11.0. The van der Waals surface area contributed by atoms with E-state index in [1.807, 2.05) is 61.5 Å². The van der Waals surface area contributed by atoms with E-state index >= 15 is 0 Å². The predicted molar refractivity (Wildman–Crippen MR) is 129 cm³/mol. The van der Waals surface area contributed by atoms with E-state index in [4.69, 9.17) is 9.47 Å². The highest BCUT2D eigenvalue weighted by molar-refractivity contribution is 7.89. The predicted octanol–water partition coefficient (Wildman–Crippen LogP) is 5.42. The van der Waals surface area contributed by atoms with Crippen LogP contribution in [0.5, 0.6) is 11.5 Å². The minimum absolute atomic E-state index is 0.0250. The number of rotatable bonds is 12. The van der Waals surface area contributed by atoms with Gasteiger partial charge in [-0.2, -0.15) is 4.31 Å². The summed E-state index contributed by atoms with van der Waals surface area (Å²) in [5.74, 6) is 1.75. The summed E-state index contributed by atoms with van der Waals surface area (Å²) >= 11 is 0. The van der Waals surface area contributed by atoms with E-state index in [0.717, 1.165) is 41.9 Å². The molecule has 5 nitrogen and oxygen atoms in total. The van der Waals surface area contributed by atoms with Gasteiger partial charge in [-0.05, 0) is 66.5 Å². The normalized spacial score (nSPS) is 16.2. The van der Waals surface area contributed by atoms with Crippen LogP contribution >= 0.6 is 0 Å². The molecule has 0 spiro atoms. The number of hydrogen-bond acceptors (Lipinski definition) is 4. The summed E-state index contributed by atoms with van der Waals surface area (Å²) < 4.78 is 40.3. The molecule has 0 radical (unpaired) electrons. The van der Waals surface area contributed by atoms with Gasteiger partial charge in [0.05, 0.1) is 19.5 Å². The third kappa shape index (κ3) is 5.73. The zero-order valence-corrected chi connectivity index (χ0v) is 20.2. The molecule has 1 saturated carbocycles. The van der Waals surface area contributed by atoms with Crippen molar-refractivity contribution >= 4 is 10.0 Å². The molecule has 0 heterocycles. The van der Waals surface area contributed by atoms with E-state index in [1.54, 1.807) is 18.5 Å². The Hall–Kier alpha value is -2.31. The van der Waals surface area contributed by atoms with Gasteiger partial charge in [-0.25, -0.2) is 8.42 Å². The third-order valence-corrected chi connectivity index (χ3v) is 8.97. The van der Waals surface area contributed by atoms with Gasteiger partial charge in [0.15, 0.2) is 0 Å². The van der Waals surface area contributed by atoms with Crippen molar-refractivity contribution in [3.63, 3.8) is 0 Å². The van der Waals surface area contributed by atoms with Crippen molar-refractivity contribution in [1.29, 1.82) is 0 Å². The Bertz CT molecular complexity index is 916. The Labute approximate surface area is 193 Å². The molecular weight excluding hydrogens is 422 g/mol. The fourth-order valence-electron chi connectivity index (χ4n) is 4.44.